The van der Waals surface area contributed by atoms with Crippen molar-refractivity contribution >= 4 is 0 Å². The van der Waals surface area contributed by atoms with E-state index in [0.717, 1.165) is 32.1 Å². The molecule has 0 unspecified atom stereocenters. The van der Waals surface area contributed by atoms with Gasteiger partial charge < -0.3 is 10.2 Å². The minimum Gasteiger partial charge on any atom is -0.396 e. The normalized spacial score (nSPS) is 11.9. The van der Waals surface area contributed by atoms with Gasteiger partial charge in [0, 0.05) is 13.2 Å². The zero-order valence-corrected chi connectivity index (χ0v) is 13.1. The van der Waals surface area contributed by atoms with E-state index in [1.165, 1.54) is 44.9 Å². The van der Waals surface area contributed by atoms with E-state index in [4.69, 9.17) is 10.2 Å². The highest BCUT2D eigenvalue weighted by Gasteiger charge is 1.89. The molecule has 0 aromatic heterocycles. The average Bonchev–Trinajstić information content (AvgIpc) is 2.47. The Kier molecular flexibility index (Phi) is 17.8. The molecule has 0 bridgehead atoms. The molecule has 2 N–H and O–H groups in total. The number of hydrogen-bond donors (Lipinski definition) is 2. The molecule has 0 aromatic rings. The Morgan fingerprint density at radius 1 is 0.450 bits per heavy atom. The van der Waals surface area contributed by atoms with E-state index in [1.54, 1.807) is 0 Å². The molecule has 2 heteroatoms. The van der Waals surface area contributed by atoms with Crippen molar-refractivity contribution in [2.75, 3.05) is 13.2 Å². The Morgan fingerprint density at radius 3 is 1.35 bits per heavy atom. The molecule has 0 aliphatic carbocycles. The highest BCUT2D eigenvalue weighted by Crippen LogP contribution is 2.07. The van der Waals surface area contributed by atoms with Crippen LogP contribution in [0.5, 0.6) is 0 Å². The Balaban J connectivity index is 3.13. The predicted octanol–water partition coefficient (Wildman–Crippen LogP) is 4.76. The van der Waals surface area contributed by atoms with Gasteiger partial charge in [0.2, 0.25) is 0 Å². The molecule has 118 valence electrons. The number of unbranched alkanes of at least 4 members (excludes halogenated alkanes) is 9. The summed E-state index contributed by atoms with van der Waals surface area (Å²) in [6.45, 7) is 0.672. The van der Waals surface area contributed by atoms with Crippen molar-refractivity contribution in [1.29, 1.82) is 0 Å². The summed E-state index contributed by atoms with van der Waals surface area (Å²) in [4.78, 5) is 0. The molecule has 0 radical (unpaired) electrons. The van der Waals surface area contributed by atoms with Crippen LogP contribution in [0.15, 0.2) is 24.3 Å². The van der Waals surface area contributed by atoms with Gasteiger partial charge in [-0.25, -0.2) is 0 Å². The highest BCUT2D eigenvalue weighted by atomic mass is 16.3. The molecule has 0 aromatic carbocycles. The molecule has 0 saturated heterocycles. The number of hydrogen-bond acceptors (Lipinski definition) is 2. The summed E-state index contributed by atoms with van der Waals surface area (Å²) in [6, 6.07) is 0. The third-order valence-electron chi connectivity index (χ3n) is 3.41. The fraction of sp³-hybridized carbons (Fsp3) is 0.778. The SMILES string of the molecule is OCCCCCC=CCC=CCCCCCCCCO. The minimum atomic E-state index is 0.327. The lowest BCUT2D eigenvalue weighted by molar-refractivity contribution is 0.282. The van der Waals surface area contributed by atoms with Crippen LogP contribution in [0, 0.1) is 0 Å². The zero-order valence-electron chi connectivity index (χ0n) is 13.1. The molecule has 0 amide bonds. The minimum absolute atomic E-state index is 0.327. The van der Waals surface area contributed by atoms with Crippen LogP contribution in [-0.4, -0.2) is 23.4 Å². The lowest BCUT2D eigenvalue weighted by atomic mass is 10.1. The monoisotopic (exact) mass is 282 g/mol. The first-order valence-electron chi connectivity index (χ1n) is 8.43. The van der Waals surface area contributed by atoms with Crippen LogP contribution < -0.4 is 0 Å². The molecule has 0 aliphatic rings. The van der Waals surface area contributed by atoms with Gasteiger partial charge >= 0.3 is 0 Å². The Hall–Kier alpha value is -0.600. The second-order valence-corrected chi connectivity index (χ2v) is 5.39. The van der Waals surface area contributed by atoms with Gasteiger partial charge in [0.05, 0.1) is 0 Å². The molecule has 0 saturated carbocycles. The fourth-order valence-electron chi connectivity index (χ4n) is 2.14. The van der Waals surface area contributed by atoms with Crippen LogP contribution in [0.25, 0.3) is 0 Å². The smallest absolute Gasteiger partial charge is 0.0431 e. The molecule has 0 heterocycles. The molecular weight excluding hydrogens is 248 g/mol. The third kappa shape index (κ3) is 17.4. The highest BCUT2D eigenvalue weighted by molar-refractivity contribution is 4.92. The summed E-state index contributed by atoms with van der Waals surface area (Å²) in [6.07, 6.45) is 23.0. The van der Waals surface area contributed by atoms with Crippen LogP contribution >= 0.6 is 0 Å². The molecule has 20 heavy (non-hydrogen) atoms. The molecule has 0 rings (SSSR count). The summed E-state index contributed by atoms with van der Waals surface area (Å²) in [7, 11) is 0. The Bertz CT molecular complexity index is 221. The second kappa shape index (κ2) is 18.4. The maximum absolute atomic E-state index is 8.66. The molecule has 0 spiro atoms. The van der Waals surface area contributed by atoms with Gasteiger partial charge in [0.1, 0.15) is 0 Å². The van der Waals surface area contributed by atoms with Crippen molar-refractivity contribution in [3.8, 4) is 0 Å². The lowest BCUT2D eigenvalue weighted by Crippen LogP contribution is -1.83. The van der Waals surface area contributed by atoms with Crippen LogP contribution in [0.3, 0.4) is 0 Å². The topological polar surface area (TPSA) is 40.5 Å². The fourth-order valence-corrected chi connectivity index (χ4v) is 2.14. The maximum Gasteiger partial charge on any atom is 0.0431 e. The standard InChI is InChI=1S/C18H34O2/c19-17-15-13-11-9-7-5-3-1-2-4-6-8-10-12-14-16-18-20/h1-2,5,7,19-20H,3-4,6,8-18H2. The van der Waals surface area contributed by atoms with Gasteiger partial charge in [-0.15, -0.1) is 0 Å². The van der Waals surface area contributed by atoms with Crippen molar-refractivity contribution in [3.05, 3.63) is 24.3 Å². The summed E-state index contributed by atoms with van der Waals surface area (Å²) >= 11 is 0. The molecule has 2 nitrogen and oxygen atoms in total. The summed E-state index contributed by atoms with van der Waals surface area (Å²) in [5, 5.41) is 17.3. The van der Waals surface area contributed by atoms with Gasteiger partial charge in [-0.2, -0.15) is 0 Å². The quantitative estimate of drug-likeness (QED) is 0.336. The summed E-state index contributed by atoms with van der Waals surface area (Å²) in [5.41, 5.74) is 0. The second-order valence-electron chi connectivity index (χ2n) is 5.39. The largest absolute Gasteiger partial charge is 0.396 e. The Labute approximate surface area is 125 Å². The maximum atomic E-state index is 8.66. The first kappa shape index (κ1) is 19.4. The van der Waals surface area contributed by atoms with Crippen molar-refractivity contribution < 1.29 is 10.2 Å². The van der Waals surface area contributed by atoms with Crippen molar-refractivity contribution in [1.82, 2.24) is 0 Å². The predicted molar refractivity (Wildman–Crippen MR) is 87.9 cm³/mol. The van der Waals surface area contributed by atoms with Gasteiger partial charge in [-0.05, 0) is 44.9 Å². The van der Waals surface area contributed by atoms with Gasteiger partial charge in [-0.3, -0.25) is 0 Å². The van der Waals surface area contributed by atoms with Crippen LogP contribution in [0.4, 0.5) is 0 Å². The lowest BCUT2D eigenvalue weighted by Gasteiger charge is -1.98. The van der Waals surface area contributed by atoms with E-state index in [0.29, 0.717) is 13.2 Å². The third-order valence-corrected chi connectivity index (χ3v) is 3.41. The summed E-state index contributed by atoms with van der Waals surface area (Å²) < 4.78 is 0. The van der Waals surface area contributed by atoms with Crippen LogP contribution in [0.1, 0.15) is 77.0 Å². The van der Waals surface area contributed by atoms with Crippen LogP contribution in [-0.2, 0) is 0 Å². The first-order chi connectivity index (χ1) is 9.91. The number of allylic oxidation sites excluding steroid dienone is 4. The van der Waals surface area contributed by atoms with E-state index in [-0.39, 0.29) is 0 Å². The average molecular weight is 282 g/mol. The number of aliphatic hydroxyl groups excluding tert-OH is 2. The molecule has 0 aliphatic heterocycles. The number of aliphatic hydroxyl groups is 2. The molecular formula is C18H34O2. The Morgan fingerprint density at radius 2 is 0.850 bits per heavy atom. The molecule has 0 fully saturated rings. The van der Waals surface area contributed by atoms with E-state index in [9.17, 15) is 0 Å². The van der Waals surface area contributed by atoms with E-state index >= 15 is 0 Å². The molecule has 0 atom stereocenters. The number of rotatable bonds is 15. The van der Waals surface area contributed by atoms with Crippen molar-refractivity contribution in [2.24, 2.45) is 0 Å². The van der Waals surface area contributed by atoms with Crippen LogP contribution in [0.2, 0.25) is 0 Å². The van der Waals surface area contributed by atoms with E-state index in [1.807, 2.05) is 0 Å². The van der Waals surface area contributed by atoms with E-state index in [2.05, 4.69) is 24.3 Å². The van der Waals surface area contributed by atoms with E-state index < -0.39 is 0 Å². The zero-order chi connectivity index (χ0) is 14.7. The van der Waals surface area contributed by atoms with Gasteiger partial charge in [-0.1, -0.05) is 56.4 Å². The van der Waals surface area contributed by atoms with Gasteiger partial charge in [0.15, 0.2) is 0 Å². The van der Waals surface area contributed by atoms with Crippen molar-refractivity contribution in [2.45, 2.75) is 77.0 Å². The van der Waals surface area contributed by atoms with Gasteiger partial charge in [0.25, 0.3) is 0 Å². The van der Waals surface area contributed by atoms with Crippen molar-refractivity contribution in [3.63, 3.8) is 0 Å². The first-order valence-corrected chi connectivity index (χ1v) is 8.43. The summed E-state index contributed by atoms with van der Waals surface area (Å²) in [5.74, 6) is 0.